The van der Waals surface area contributed by atoms with Crippen molar-refractivity contribution in [2.24, 2.45) is 10.9 Å². The highest BCUT2D eigenvalue weighted by Gasteiger charge is 2.21. The van der Waals surface area contributed by atoms with E-state index in [0.29, 0.717) is 24.4 Å². The maximum atomic E-state index is 5.60. The smallest absolute Gasteiger partial charge is 0.216 e. The van der Waals surface area contributed by atoms with Crippen molar-refractivity contribution in [3.05, 3.63) is 17.3 Å². The normalized spacial score (nSPS) is 19.8. The number of nitrogens with zero attached hydrogens (tertiary/aromatic N) is 3. The van der Waals surface area contributed by atoms with E-state index in [1.807, 2.05) is 13.8 Å². The van der Waals surface area contributed by atoms with Gasteiger partial charge in [0.1, 0.15) is 12.3 Å². The Morgan fingerprint density at radius 3 is 2.79 bits per heavy atom. The van der Waals surface area contributed by atoms with E-state index in [-0.39, 0.29) is 0 Å². The molecule has 0 spiro atoms. The summed E-state index contributed by atoms with van der Waals surface area (Å²) in [4.78, 5) is 11.6. The Balaban J connectivity index is 1.87. The van der Waals surface area contributed by atoms with Gasteiger partial charge in [-0.15, -0.1) is 0 Å². The molecule has 1 atom stereocenters. The second kappa shape index (κ2) is 9.06. The Bertz CT molecular complexity index is 518. The molecule has 1 aliphatic heterocycles. The summed E-state index contributed by atoms with van der Waals surface area (Å²) in [6.45, 7) is 15.2. The summed E-state index contributed by atoms with van der Waals surface area (Å²) in [7, 11) is 0. The Kier molecular flexibility index (Phi) is 7.09. The van der Waals surface area contributed by atoms with Crippen molar-refractivity contribution in [2.45, 2.75) is 60.0 Å². The molecule has 1 saturated heterocycles. The number of guanidine groups is 1. The first kappa shape index (κ1) is 18.8. The Hall–Kier alpha value is -1.56. The third kappa shape index (κ3) is 5.51. The second-order valence-electron chi connectivity index (χ2n) is 6.92. The van der Waals surface area contributed by atoms with Gasteiger partial charge in [0, 0.05) is 25.7 Å². The van der Waals surface area contributed by atoms with Gasteiger partial charge in [-0.3, -0.25) is 0 Å². The van der Waals surface area contributed by atoms with Gasteiger partial charge in [0.15, 0.2) is 5.96 Å². The maximum Gasteiger partial charge on any atom is 0.216 e. The molecule has 1 unspecified atom stereocenters. The van der Waals surface area contributed by atoms with Crippen molar-refractivity contribution in [1.82, 2.24) is 20.5 Å². The van der Waals surface area contributed by atoms with Gasteiger partial charge in [-0.1, -0.05) is 0 Å². The summed E-state index contributed by atoms with van der Waals surface area (Å²) in [5.74, 6) is 3.06. The molecule has 2 rings (SSSR count). The van der Waals surface area contributed by atoms with Crippen LogP contribution in [-0.4, -0.2) is 48.1 Å². The van der Waals surface area contributed by atoms with E-state index >= 15 is 0 Å². The van der Waals surface area contributed by atoms with Crippen molar-refractivity contribution in [3.8, 4) is 0 Å². The number of aliphatic imine (C=N–C) groups is 1. The standard InChI is InChI=1S/C18H33N5O/c1-6-19-18(21-11-17-22-14(4)15(5)24-17)20-10-16-8-7-9-23(12-16)13(2)3/h13,16H,6-12H2,1-5H3,(H2,19,20,21). The van der Waals surface area contributed by atoms with Crippen molar-refractivity contribution >= 4 is 5.96 Å². The molecular weight excluding hydrogens is 302 g/mol. The van der Waals surface area contributed by atoms with Crippen molar-refractivity contribution in [2.75, 3.05) is 26.2 Å². The summed E-state index contributed by atoms with van der Waals surface area (Å²) in [5, 5.41) is 6.79. The monoisotopic (exact) mass is 335 g/mol. The molecule has 0 saturated carbocycles. The number of oxazole rings is 1. The van der Waals surface area contributed by atoms with Gasteiger partial charge in [-0.2, -0.15) is 0 Å². The molecule has 24 heavy (non-hydrogen) atoms. The summed E-state index contributed by atoms with van der Waals surface area (Å²) in [6.07, 6.45) is 2.57. The molecule has 1 fully saturated rings. The van der Waals surface area contributed by atoms with E-state index in [9.17, 15) is 0 Å². The fraction of sp³-hybridized carbons (Fsp3) is 0.778. The van der Waals surface area contributed by atoms with Crippen LogP contribution in [0.3, 0.4) is 0 Å². The van der Waals surface area contributed by atoms with Crippen LogP contribution in [0.25, 0.3) is 0 Å². The molecule has 6 nitrogen and oxygen atoms in total. The third-order valence-electron chi connectivity index (χ3n) is 4.63. The topological polar surface area (TPSA) is 65.7 Å². The van der Waals surface area contributed by atoms with Crippen LogP contribution < -0.4 is 10.6 Å². The minimum Gasteiger partial charge on any atom is -0.444 e. The van der Waals surface area contributed by atoms with Crippen LogP contribution in [0.2, 0.25) is 0 Å². The fourth-order valence-electron chi connectivity index (χ4n) is 3.07. The van der Waals surface area contributed by atoms with Crippen LogP contribution in [-0.2, 0) is 6.54 Å². The number of likely N-dealkylation sites (tertiary alicyclic amines) is 1. The van der Waals surface area contributed by atoms with Crippen LogP contribution in [0.1, 0.15) is 51.0 Å². The molecule has 0 radical (unpaired) electrons. The first-order chi connectivity index (χ1) is 11.5. The lowest BCUT2D eigenvalue weighted by atomic mass is 9.97. The molecule has 0 bridgehead atoms. The maximum absolute atomic E-state index is 5.60. The molecule has 1 aromatic heterocycles. The van der Waals surface area contributed by atoms with Crippen LogP contribution >= 0.6 is 0 Å². The van der Waals surface area contributed by atoms with Gasteiger partial charge >= 0.3 is 0 Å². The largest absolute Gasteiger partial charge is 0.444 e. The van der Waals surface area contributed by atoms with Crippen molar-refractivity contribution in [3.63, 3.8) is 0 Å². The number of rotatable bonds is 6. The van der Waals surface area contributed by atoms with E-state index in [1.54, 1.807) is 0 Å². The molecule has 2 N–H and O–H groups in total. The lowest BCUT2D eigenvalue weighted by Gasteiger charge is -2.35. The number of piperidine rings is 1. The highest BCUT2D eigenvalue weighted by atomic mass is 16.4. The second-order valence-corrected chi connectivity index (χ2v) is 6.92. The summed E-state index contributed by atoms with van der Waals surface area (Å²) in [5.41, 5.74) is 0.939. The van der Waals surface area contributed by atoms with Gasteiger partial charge in [-0.05, 0) is 59.9 Å². The van der Waals surface area contributed by atoms with Crippen molar-refractivity contribution < 1.29 is 4.42 Å². The SMILES string of the molecule is CCNC(=NCc1nc(C)c(C)o1)NCC1CCCN(C(C)C)C1. The number of hydrogen-bond donors (Lipinski definition) is 2. The summed E-state index contributed by atoms with van der Waals surface area (Å²) >= 11 is 0. The van der Waals surface area contributed by atoms with Gasteiger partial charge in [0.05, 0.1) is 5.69 Å². The lowest BCUT2D eigenvalue weighted by Crippen LogP contribution is -2.46. The Morgan fingerprint density at radius 1 is 1.38 bits per heavy atom. The van der Waals surface area contributed by atoms with Crippen LogP contribution in [0.4, 0.5) is 0 Å². The highest BCUT2D eigenvalue weighted by Crippen LogP contribution is 2.17. The van der Waals surface area contributed by atoms with Gasteiger partial charge in [0.25, 0.3) is 0 Å². The minimum atomic E-state index is 0.465. The van der Waals surface area contributed by atoms with E-state index in [4.69, 9.17) is 4.42 Å². The van der Waals surface area contributed by atoms with Gasteiger partial charge in [0.2, 0.25) is 5.89 Å². The zero-order chi connectivity index (χ0) is 17.5. The number of aromatic nitrogens is 1. The average Bonchev–Trinajstić information content (AvgIpc) is 2.88. The van der Waals surface area contributed by atoms with Crippen molar-refractivity contribution in [1.29, 1.82) is 0 Å². The minimum absolute atomic E-state index is 0.465. The zero-order valence-electron chi connectivity index (χ0n) is 15.9. The summed E-state index contributed by atoms with van der Waals surface area (Å²) in [6, 6.07) is 0.631. The van der Waals surface area contributed by atoms with E-state index in [0.717, 1.165) is 30.5 Å². The summed E-state index contributed by atoms with van der Waals surface area (Å²) < 4.78 is 5.60. The molecule has 1 aliphatic rings. The molecule has 0 aromatic carbocycles. The molecule has 136 valence electrons. The van der Waals surface area contributed by atoms with Gasteiger partial charge in [-0.25, -0.2) is 9.98 Å². The van der Waals surface area contributed by atoms with E-state index in [1.165, 1.54) is 25.9 Å². The van der Waals surface area contributed by atoms with Crippen LogP contribution in [0.15, 0.2) is 9.41 Å². The predicted octanol–water partition coefficient (Wildman–Crippen LogP) is 2.47. The number of aryl methyl sites for hydroxylation is 2. The highest BCUT2D eigenvalue weighted by molar-refractivity contribution is 5.79. The first-order valence-corrected chi connectivity index (χ1v) is 9.18. The number of hydrogen-bond acceptors (Lipinski definition) is 4. The molecule has 1 aromatic rings. The molecule has 0 amide bonds. The van der Waals surface area contributed by atoms with E-state index in [2.05, 4.69) is 46.3 Å². The molecule has 0 aliphatic carbocycles. The molecular formula is C18H33N5O. The quantitative estimate of drug-likeness (QED) is 0.617. The Morgan fingerprint density at radius 2 is 2.17 bits per heavy atom. The predicted molar refractivity (Wildman–Crippen MR) is 98.2 cm³/mol. The Labute approximate surface area is 146 Å². The molecule has 2 heterocycles. The van der Waals surface area contributed by atoms with Crippen LogP contribution in [0.5, 0.6) is 0 Å². The van der Waals surface area contributed by atoms with E-state index < -0.39 is 0 Å². The number of nitrogens with one attached hydrogen (secondary N) is 2. The third-order valence-corrected chi connectivity index (χ3v) is 4.63. The lowest BCUT2D eigenvalue weighted by molar-refractivity contribution is 0.141. The zero-order valence-corrected chi connectivity index (χ0v) is 15.9. The molecule has 6 heteroatoms. The van der Waals surface area contributed by atoms with Crippen LogP contribution in [0, 0.1) is 19.8 Å². The average molecular weight is 335 g/mol. The fourth-order valence-corrected chi connectivity index (χ4v) is 3.07. The first-order valence-electron chi connectivity index (χ1n) is 9.18. The van der Waals surface area contributed by atoms with Gasteiger partial charge < -0.3 is 20.0 Å².